The standard InChI is InChI=1S/C25H25F3N4O3S/c1-30(2)9-4-10-31-23(33)22(36-24(31)34)12-16-5-8-21-18(11-16)14-29-32(21)15-17-6-7-19(35-3)13-20(17)25(26,27)28/h5-8,11-14H,4,9-10,15H2,1-3H3/b22-12-. The smallest absolute Gasteiger partial charge is 0.416 e. The lowest BCUT2D eigenvalue weighted by Gasteiger charge is -2.15. The van der Waals surface area contributed by atoms with E-state index in [0.717, 1.165) is 24.4 Å². The highest BCUT2D eigenvalue weighted by Gasteiger charge is 2.35. The number of imide groups is 1. The summed E-state index contributed by atoms with van der Waals surface area (Å²) >= 11 is 0.902. The summed E-state index contributed by atoms with van der Waals surface area (Å²) in [5.74, 6) is -0.193. The second-order valence-electron chi connectivity index (χ2n) is 8.63. The SMILES string of the molecule is COc1ccc(Cn2ncc3cc(/C=C4\SC(=O)N(CCCN(C)C)C4=O)ccc32)c(C(F)(F)F)c1. The molecule has 0 bridgehead atoms. The number of carbonyl (C=O) groups excluding carboxylic acids is 2. The van der Waals surface area contributed by atoms with Crippen molar-refractivity contribution in [2.45, 2.75) is 19.1 Å². The molecule has 1 fully saturated rings. The molecule has 0 unspecified atom stereocenters. The number of hydrogen-bond donors (Lipinski definition) is 0. The summed E-state index contributed by atoms with van der Waals surface area (Å²) in [6.07, 6.45) is -0.627. The summed E-state index contributed by atoms with van der Waals surface area (Å²) in [4.78, 5) is 28.6. The fourth-order valence-corrected chi connectivity index (χ4v) is 4.82. The van der Waals surface area contributed by atoms with Gasteiger partial charge in [0.1, 0.15) is 5.75 Å². The van der Waals surface area contributed by atoms with Crippen LogP contribution in [0.1, 0.15) is 23.1 Å². The molecule has 11 heteroatoms. The maximum atomic E-state index is 13.6. The zero-order valence-corrected chi connectivity index (χ0v) is 20.8. The molecule has 1 saturated heterocycles. The van der Waals surface area contributed by atoms with E-state index in [1.165, 1.54) is 28.8 Å². The van der Waals surface area contributed by atoms with Crippen LogP contribution in [0, 0.1) is 0 Å². The van der Waals surface area contributed by atoms with Gasteiger partial charge < -0.3 is 9.64 Å². The number of thioether (sulfide) groups is 1. The van der Waals surface area contributed by atoms with Crippen molar-refractivity contribution in [3.8, 4) is 5.75 Å². The molecule has 0 N–H and O–H groups in total. The molecule has 1 aliphatic rings. The summed E-state index contributed by atoms with van der Waals surface area (Å²) in [5.41, 5.74) is 0.637. The van der Waals surface area contributed by atoms with Gasteiger partial charge in [-0.3, -0.25) is 19.2 Å². The van der Waals surface area contributed by atoms with Crippen LogP contribution in [0.5, 0.6) is 5.75 Å². The van der Waals surface area contributed by atoms with E-state index in [1.54, 1.807) is 30.5 Å². The average molecular weight is 519 g/mol. The minimum atomic E-state index is -4.53. The number of ether oxygens (including phenoxy) is 1. The van der Waals surface area contributed by atoms with Crippen LogP contribution < -0.4 is 4.74 Å². The highest BCUT2D eigenvalue weighted by Crippen LogP contribution is 2.36. The van der Waals surface area contributed by atoms with Crippen LogP contribution in [0.15, 0.2) is 47.5 Å². The molecule has 36 heavy (non-hydrogen) atoms. The van der Waals surface area contributed by atoms with Gasteiger partial charge in [0.2, 0.25) is 0 Å². The van der Waals surface area contributed by atoms with Crippen molar-refractivity contribution in [2.75, 3.05) is 34.3 Å². The van der Waals surface area contributed by atoms with Gasteiger partial charge in [-0.05, 0) is 80.3 Å². The van der Waals surface area contributed by atoms with Crippen molar-refractivity contribution in [3.63, 3.8) is 0 Å². The number of rotatable bonds is 8. The Balaban J connectivity index is 1.55. The normalized spacial score (nSPS) is 15.6. The average Bonchev–Trinajstić information content (AvgIpc) is 3.33. The molecule has 4 rings (SSSR count). The topological polar surface area (TPSA) is 67.7 Å². The van der Waals surface area contributed by atoms with Crippen LogP contribution in [-0.4, -0.2) is 65.0 Å². The van der Waals surface area contributed by atoms with Crippen LogP contribution >= 0.6 is 11.8 Å². The third kappa shape index (κ3) is 5.57. The minimum absolute atomic E-state index is 0.0697. The number of benzene rings is 2. The zero-order valence-electron chi connectivity index (χ0n) is 20.0. The van der Waals surface area contributed by atoms with Crippen LogP contribution in [0.4, 0.5) is 18.0 Å². The Morgan fingerprint density at radius 2 is 1.92 bits per heavy atom. The third-order valence-electron chi connectivity index (χ3n) is 5.77. The summed E-state index contributed by atoms with van der Waals surface area (Å²) in [6.45, 7) is 1.05. The molecular weight excluding hydrogens is 493 g/mol. The Morgan fingerprint density at radius 1 is 1.14 bits per heavy atom. The maximum absolute atomic E-state index is 13.6. The van der Waals surface area contributed by atoms with Crippen molar-refractivity contribution in [1.29, 1.82) is 0 Å². The first-order valence-electron chi connectivity index (χ1n) is 11.2. The lowest BCUT2D eigenvalue weighted by atomic mass is 10.1. The lowest BCUT2D eigenvalue weighted by molar-refractivity contribution is -0.138. The second-order valence-corrected chi connectivity index (χ2v) is 9.62. The molecule has 0 saturated carbocycles. The molecular formula is C25H25F3N4O3S. The molecule has 2 aromatic carbocycles. The lowest BCUT2D eigenvalue weighted by Crippen LogP contribution is -2.31. The Bertz CT molecular complexity index is 1330. The van der Waals surface area contributed by atoms with Crippen molar-refractivity contribution < 1.29 is 27.5 Å². The van der Waals surface area contributed by atoms with Gasteiger partial charge in [-0.25, -0.2) is 0 Å². The predicted octanol–water partition coefficient (Wildman–Crippen LogP) is 5.10. The maximum Gasteiger partial charge on any atom is 0.416 e. The third-order valence-corrected chi connectivity index (χ3v) is 6.67. The van der Waals surface area contributed by atoms with Crippen molar-refractivity contribution in [1.82, 2.24) is 19.6 Å². The van der Waals surface area contributed by atoms with Crippen LogP contribution in [-0.2, 0) is 17.5 Å². The number of methoxy groups -OCH3 is 1. The summed E-state index contributed by atoms with van der Waals surface area (Å²) in [7, 11) is 5.18. The van der Waals surface area contributed by atoms with Crippen molar-refractivity contribution in [2.24, 2.45) is 0 Å². The summed E-state index contributed by atoms with van der Waals surface area (Å²) in [5, 5.41) is 4.69. The van der Waals surface area contributed by atoms with Crippen LogP contribution in [0.2, 0.25) is 0 Å². The zero-order chi connectivity index (χ0) is 26.0. The van der Waals surface area contributed by atoms with E-state index >= 15 is 0 Å². The summed E-state index contributed by atoms with van der Waals surface area (Å²) < 4.78 is 47.2. The predicted molar refractivity (Wildman–Crippen MR) is 133 cm³/mol. The first kappa shape index (κ1) is 25.8. The van der Waals surface area contributed by atoms with E-state index in [4.69, 9.17) is 4.74 Å². The van der Waals surface area contributed by atoms with E-state index in [1.807, 2.05) is 19.0 Å². The number of fused-ring (bicyclic) bond motifs is 1. The molecule has 1 aromatic heterocycles. The van der Waals surface area contributed by atoms with E-state index in [9.17, 15) is 22.8 Å². The number of alkyl halides is 3. The number of aromatic nitrogens is 2. The number of nitrogens with zero attached hydrogens (tertiary/aromatic N) is 4. The van der Waals surface area contributed by atoms with Crippen LogP contribution in [0.3, 0.4) is 0 Å². The van der Waals surface area contributed by atoms with E-state index < -0.39 is 11.7 Å². The Kier molecular flexibility index (Phi) is 7.41. The fourth-order valence-electron chi connectivity index (χ4n) is 3.96. The molecule has 190 valence electrons. The number of amides is 2. The fraction of sp³-hybridized carbons (Fsp3) is 0.320. The Labute approximate surface area is 210 Å². The van der Waals surface area contributed by atoms with Gasteiger partial charge in [-0.2, -0.15) is 18.3 Å². The van der Waals surface area contributed by atoms with Crippen molar-refractivity contribution >= 4 is 39.9 Å². The molecule has 1 aliphatic heterocycles. The molecule has 2 amide bonds. The van der Waals surface area contributed by atoms with Gasteiger partial charge in [0.15, 0.2) is 0 Å². The Morgan fingerprint density at radius 3 is 2.61 bits per heavy atom. The molecule has 2 heterocycles. The summed E-state index contributed by atoms with van der Waals surface area (Å²) in [6, 6.07) is 9.13. The Hall–Kier alpha value is -3.31. The van der Waals surface area contributed by atoms with E-state index in [-0.39, 0.29) is 29.0 Å². The van der Waals surface area contributed by atoms with E-state index in [2.05, 4.69) is 5.10 Å². The second kappa shape index (κ2) is 10.4. The van der Waals surface area contributed by atoms with Gasteiger partial charge >= 0.3 is 6.18 Å². The van der Waals surface area contributed by atoms with Crippen molar-refractivity contribution in [3.05, 3.63) is 64.2 Å². The number of hydrogen-bond acceptors (Lipinski definition) is 6. The van der Waals surface area contributed by atoms with Gasteiger partial charge in [-0.1, -0.05) is 12.1 Å². The molecule has 0 radical (unpaired) electrons. The van der Waals surface area contributed by atoms with Gasteiger partial charge in [0, 0.05) is 11.9 Å². The molecule has 7 nitrogen and oxygen atoms in total. The number of carbonyl (C=O) groups is 2. The van der Waals surface area contributed by atoms with Gasteiger partial charge in [-0.15, -0.1) is 0 Å². The monoisotopic (exact) mass is 518 g/mol. The molecule has 0 atom stereocenters. The van der Waals surface area contributed by atoms with Gasteiger partial charge in [0.25, 0.3) is 11.1 Å². The first-order valence-corrected chi connectivity index (χ1v) is 12.0. The first-order chi connectivity index (χ1) is 17.1. The minimum Gasteiger partial charge on any atom is -0.497 e. The van der Waals surface area contributed by atoms with E-state index in [0.29, 0.717) is 34.3 Å². The highest BCUT2D eigenvalue weighted by molar-refractivity contribution is 8.18. The molecule has 0 spiro atoms. The highest BCUT2D eigenvalue weighted by atomic mass is 32.2. The largest absolute Gasteiger partial charge is 0.497 e. The molecule has 3 aromatic rings. The molecule has 0 aliphatic carbocycles. The van der Waals surface area contributed by atoms with Crippen LogP contribution in [0.25, 0.3) is 17.0 Å². The number of halogens is 3. The quantitative estimate of drug-likeness (QED) is 0.387. The van der Waals surface area contributed by atoms with Gasteiger partial charge in [0.05, 0.1) is 35.8 Å².